The van der Waals surface area contributed by atoms with Gasteiger partial charge in [0.2, 0.25) is 5.95 Å². The van der Waals surface area contributed by atoms with Crippen molar-refractivity contribution in [2.45, 2.75) is 25.7 Å². The molecule has 0 radical (unpaired) electrons. The Morgan fingerprint density at radius 3 is 2.42 bits per heavy atom. The lowest BCUT2D eigenvalue weighted by atomic mass is 9.81. The number of aryl methyl sites for hydroxylation is 1. The zero-order chi connectivity index (χ0) is 18.3. The number of fused-ring (bicyclic) bond motifs is 1. The highest BCUT2D eigenvalue weighted by Crippen LogP contribution is 2.33. The van der Waals surface area contributed by atoms with Crippen molar-refractivity contribution >= 4 is 11.7 Å². The van der Waals surface area contributed by atoms with E-state index in [1.807, 2.05) is 6.92 Å². The number of Topliss-reactive ketones (excluding diaryl/α,β-unsaturated/α-hetero) is 1. The van der Waals surface area contributed by atoms with Crippen molar-refractivity contribution in [1.82, 2.24) is 14.9 Å². The van der Waals surface area contributed by atoms with Crippen LogP contribution in [-0.2, 0) is 6.42 Å². The summed E-state index contributed by atoms with van der Waals surface area (Å²) in [5, 5.41) is 0. The summed E-state index contributed by atoms with van der Waals surface area (Å²) in [6, 6.07) is 6.45. The summed E-state index contributed by atoms with van der Waals surface area (Å²) in [7, 11) is 2.11. The number of carbonyl (C=O) groups excluding carboxylic acids is 1. The van der Waals surface area contributed by atoms with Gasteiger partial charge in [-0.2, -0.15) is 0 Å². The minimum Gasteiger partial charge on any atom is -0.338 e. The molecule has 0 N–H and O–H groups in total. The predicted molar refractivity (Wildman–Crippen MR) is 98.3 cm³/mol. The van der Waals surface area contributed by atoms with Gasteiger partial charge in [-0.25, -0.2) is 14.4 Å². The third-order valence-electron chi connectivity index (χ3n) is 5.43. The average molecular weight is 354 g/mol. The average Bonchev–Trinajstić information content (AvgIpc) is 2.62. The second kappa shape index (κ2) is 6.76. The van der Waals surface area contributed by atoms with Gasteiger partial charge in [0.15, 0.2) is 5.78 Å². The Bertz CT molecular complexity index is 828. The minimum absolute atomic E-state index is 0.0465. The van der Waals surface area contributed by atoms with Crippen molar-refractivity contribution in [3.63, 3.8) is 0 Å². The lowest BCUT2D eigenvalue weighted by Gasteiger charge is -2.33. The summed E-state index contributed by atoms with van der Waals surface area (Å²) in [6.07, 6.45) is 1.12. The Labute approximate surface area is 152 Å². The molecule has 1 aliphatic carbocycles. The van der Waals surface area contributed by atoms with E-state index in [9.17, 15) is 9.18 Å². The topological polar surface area (TPSA) is 49.3 Å². The summed E-state index contributed by atoms with van der Waals surface area (Å²) in [6.45, 7) is 5.65. The Kier molecular flexibility index (Phi) is 4.44. The van der Waals surface area contributed by atoms with E-state index in [4.69, 9.17) is 4.98 Å². The van der Waals surface area contributed by atoms with E-state index in [2.05, 4.69) is 21.8 Å². The number of nitrogens with zero attached hydrogens (tertiary/aromatic N) is 4. The van der Waals surface area contributed by atoms with E-state index >= 15 is 0 Å². The molecule has 4 rings (SSSR count). The van der Waals surface area contributed by atoms with Gasteiger partial charge in [0.25, 0.3) is 0 Å². The molecular formula is C20H23FN4O. The van der Waals surface area contributed by atoms with Crippen LogP contribution in [0.3, 0.4) is 0 Å². The minimum atomic E-state index is -0.258. The van der Waals surface area contributed by atoms with Gasteiger partial charge < -0.3 is 9.80 Å². The first kappa shape index (κ1) is 17.1. The quantitative estimate of drug-likeness (QED) is 0.830. The van der Waals surface area contributed by atoms with Crippen LogP contribution in [0, 0.1) is 12.7 Å². The monoisotopic (exact) mass is 354 g/mol. The molecular weight excluding hydrogens is 331 g/mol. The third-order valence-corrected chi connectivity index (χ3v) is 5.43. The van der Waals surface area contributed by atoms with Crippen molar-refractivity contribution in [2.75, 3.05) is 38.1 Å². The second-order valence-electron chi connectivity index (χ2n) is 7.30. The number of hydrogen-bond donors (Lipinski definition) is 0. The van der Waals surface area contributed by atoms with Gasteiger partial charge in [-0.1, -0.05) is 12.1 Å². The molecule has 1 fully saturated rings. The number of piperazine rings is 1. The first-order valence-corrected chi connectivity index (χ1v) is 9.11. The van der Waals surface area contributed by atoms with Crippen LogP contribution < -0.4 is 4.90 Å². The fourth-order valence-electron chi connectivity index (χ4n) is 3.88. The lowest BCUT2D eigenvalue weighted by molar-refractivity contribution is 0.0962. The maximum atomic E-state index is 13.2. The maximum absolute atomic E-state index is 13.2. The molecule has 1 aliphatic heterocycles. The second-order valence-corrected chi connectivity index (χ2v) is 7.30. The molecule has 1 aromatic heterocycles. The molecule has 1 atom stereocenters. The molecule has 1 aromatic carbocycles. The molecule has 1 unspecified atom stereocenters. The fraction of sp³-hybridized carbons (Fsp3) is 0.450. The van der Waals surface area contributed by atoms with Crippen LogP contribution in [0.15, 0.2) is 24.3 Å². The van der Waals surface area contributed by atoms with Crippen molar-refractivity contribution in [3.8, 4) is 0 Å². The first-order valence-electron chi connectivity index (χ1n) is 9.11. The van der Waals surface area contributed by atoms with Crippen LogP contribution in [0.4, 0.5) is 10.3 Å². The molecule has 0 amide bonds. The Morgan fingerprint density at radius 2 is 1.73 bits per heavy atom. The molecule has 0 saturated carbocycles. The highest BCUT2D eigenvalue weighted by atomic mass is 19.1. The molecule has 6 heteroatoms. The molecule has 5 nitrogen and oxygen atoms in total. The maximum Gasteiger partial charge on any atom is 0.225 e. The van der Waals surface area contributed by atoms with Gasteiger partial charge >= 0.3 is 0 Å². The molecule has 1 saturated heterocycles. The highest BCUT2D eigenvalue weighted by Gasteiger charge is 2.31. The molecule has 2 aliphatic rings. The molecule has 26 heavy (non-hydrogen) atoms. The fourth-order valence-corrected chi connectivity index (χ4v) is 3.88. The number of halogens is 1. The smallest absolute Gasteiger partial charge is 0.225 e. The van der Waals surface area contributed by atoms with Gasteiger partial charge in [-0.3, -0.25) is 4.79 Å². The van der Waals surface area contributed by atoms with E-state index in [0.29, 0.717) is 18.4 Å². The summed E-state index contributed by atoms with van der Waals surface area (Å²) >= 11 is 0. The SMILES string of the molecule is Cc1nc(N2CCN(C)CC2)nc2c1C(=O)CC(c1ccc(F)cc1)C2. The van der Waals surface area contributed by atoms with Crippen molar-refractivity contribution in [2.24, 2.45) is 0 Å². The number of carbonyl (C=O) groups is 1. The molecule has 0 spiro atoms. The Morgan fingerprint density at radius 1 is 1.04 bits per heavy atom. The van der Waals surface area contributed by atoms with Crippen LogP contribution in [-0.4, -0.2) is 53.9 Å². The number of likely N-dealkylation sites (N-methyl/N-ethyl adjacent to an activating group) is 1. The number of benzene rings is 1. The van der Waals surface area contributed by atoms with Gasteiger partial charge in [0, 0.05) is 32.6 Å². The zero-order valence-corrected chi connectivity index (χ0v) is 15.2. The van der Waals surface area contributed by atoms with Crippen molar-refractivity contribution < 1.29 is 9.18 Å². The van der Waals surface area contributed by atoms with Crippen LogP contribution in [0.25, 0.3) is 0 Å². The van der Waals surface area contributed by atoms with E-state index in [1.54, 1.807) is 12.1 Å². The summed E-state index contributed by atoms with van der Waals surface area (Å²) in [5.41, 5.74) is 3.27. The van der Waals surface area contributed by atoms with Gasteiger partial charge in [0.05, 0.1) is 17.0 Å². The number of ketones is 1. The van der Waals surface area contributed by atoms with Gasteiger partial charge in [0.1, 0.15) is 5.82 Å². The Hall–Kier alpha value is -2.34. The first-order chi connectivity index (χ1) is 12.5. The number of aromatic nitrogens is 2. The van der Waals surface area contributed by atoms with Gasteiger partial charge in [-0.05, 0) is 44.0 Å². The Balaban J connectivity index is 1.65. The van der Waals surface area contributed by atoms with Crippen LogP contribution in [0.5, 0.6) is 0 Å². The van der Waals surface area contributed by atoms with Crippen molar-refractivity contribution in [1.29, 1.82) is 0 Å². The number of rotatable bonds is 2. The largest absolute Gasteiger partial charge is 0.338 e. The number of hydrogen-bond acceptors (Lipinski definition) is 5. The summed E-state index contributed by atoms with van der Waals surface area (Å²) in [4.78, 5) is 26.6. The molecule has 2 heterocycles. The van der Waals surface area contributed by atoms with Crippen LogP contribution in [0.1, 0.15) is 39.6 Å². The molecule has 0 bridgehead atoms. The van der Waals surface area contributed by atoms with Gasteiger partial charge in [-0.15, -0.1) is 0 Å². The van der Waals surface area contributed by atoms with Crippen LogP contribution >= 0.6 is 0 Å². The normalized spacial score (nSPS) is 21.0. The highest BCUT2D eigenvalue weighted by molar-refractivity contribution is 5.99. The van der Waals surface area contributed by atoms with E-state index < -0.39 is 0 Å². The third kappa shape index (κ3) is 3.21. The lowest BCUT2D eigenvalue weighted by Crippen LogP contribution is -2.45. The summed E-state index contributed by atoms with van der Waals surface area (Å²) < 4.78 is 13.2. The predicted octanol–water partition coefficient (Wildman–Crippen LogP) is 2.59. The zero-order valence-electron chi connectivity index (χ0n) is 15.2. The van der Waals surface area contributed by atoms with E-state index in [0.717, 1.165) is 49.1 Å². The van der Waals surface area contributed by atoms with Crippen molar-refractivity contribution in [3.05, 3.63) is 52.6 Å². The van der Waals surface area contributed by atoms with Crippen LogP contribution in [0.2, 0.25) is 0 Å². The van der Waals surface area contributed by atoms with E-state index in [-0.39, 0.29) is 17.5 Å². The standard InChI is InChI=1S/C20H23FN4O/c1-13-19-17(23-20(22-13)25-9-7-24(2)8-10-25)11-15(12-18(19)26)14-3-5-16(21)6-4-14/h3-6,15H,7-12H2,1-2H3. The molecule has 136 valence electrons. The summed E-state index contributed by atoms with van der Waals surface area (Å²) in [5.74, 6) is 0.599. The molecule has 2 aromatic rings. The van der Waals surface area contributed by atoms with E-state index in [1.165, 1.54) is 12.1 Å². The number of anilines is 1.